The van der Waals surface area contributed by atoms with Gasteiger partial charge >= 0.3 is 0 Å². The minimum Gasteiger partial charge on any atom is -0.391 e. The van der Waals surface area contributed by atoms with Crippen molar-refractivity contribution in [3.05, 3.63) is 59.6 Å². The van der Waals surface area contributed by atoms with Crippen LogP contribution in [0.15, 0.2) is 54.1 Å². The molecule has 0 saturated carbocycles. The zero-order valence-corrected chi connectivity index (χ0v) is 17.4. The van der Waals surface area contributed by atoms with E-state index >= 15 is 0 Å². The molecule has 1 atom stereocenters. The Balaban J connectivity index is 1.32. The first-order chi connectivity index (χ1) is 15.0. The first-order valence-electron chi connectivity index (χ1n) is 9.65. The number of nitrogens with zero attached hydrogens (tertiary/aromatic N) is 5. The zero-order chi connectivity index (χ0) is 21.7. The Labute approximate surface area is 179 Å². The Hall–Kier alpha value is -3.31. The lowest BCUT2D eigenvalue weighted by Crippen LogP contribution is -2.49. The summed E-state index contributed by atoms with van der Waals surface area (Å²) in [7, 11) is -3.69. The Morgan fingerprint density at radius 1 is 1.23 bits per heavy atom. The molecule has 1 fully saturated rings. The quantitative estimate of drug-likeness (QED) is 0.520. The highest BCUT2D eigenvalue weighted by Crippen LogP contribution is 2.10. The van der Waals surface area contributed by atoms with E-state index in [2.05, 4.69) is 15.3 Å². The summed E-state index contributed by atoms with van der Waals surface area (Å²) in [5.74, 6) is -1.07. The van der Waals surface area contributed by atoms with Crippen LogP contribution >= 0.6 is 0 Å². The molecule has 3 aromatic rings. The molecule has 1 unspecified atom stereocenters. The Morgan fingerprint density at radius 3 is 2.90 bits per heavy atom. The standard InChI is InChI=1S/C20H21N5O5S/c26-19(15-31(27,28)12-8-16-5-2-1-3-6-16)24-10-11-29-17(13-24)14-30-25-20-18(22-23-25)7-4-9-21-20/h1-9,12,17H,10-11,13-15H2/b12-8+. The number of sulfone groups is 1. The van der Waals surface area contributed by atoms with Gasteiger partial charge in [0, 0.05) is 18.1 Å². The third-order valence-electron chi connectivity index (χ3n) is 4.65. The largest absolute Gasteiger partial charge is 0.391 e. The van der Waals surface area contributed by atoms with Crippen molar-refractivity contribution in [2.24, 2.45) is 0 Å². The average Bonchev–Trinajstić information content (AvgIpc) is 3.20. The van der Waals surface area contributed by atoms with Gasteiger partial charge in [-0.05, 0) is 29.0 Å². The van der Waals surface area contributed by atoms with Gasteiger partial charge in [-0.25, -0.2) is 13.4 Å². The summed E-state index contributed by atoms with van der Waals surface area (Å²) in [6, 6.07) is 12.5. The highest BCUT2D eigenvalue weighted by atomic mass is 32.2. The maximum absolute atomic E-state index is 12.6. The predicted octanol–water partition coefficient (Wildman–Crippen LogP) is 0.568. The topological polar surface area (TPSA) is 117 Å². The van der Waals surface area contributed by atoms with E-state index in [4.69, 9.17) is 9.57 Å². The van der Waals surface area contributed by atoms with Gasteiger partial charge in [0.2, 0.25) is 11.6 Å². The molecule has 2 aromatic heterocycles. The number of hydrogen-bond donors (Lipinski definition) is 0. The van der Waals surface area contributed by atoms with Crippen molar-refractivity contribution in [2.75, 3.05) is 32.1 Å². The second kappa shape index (κ2) is 9.23. The van der Waals surface area contributed by atoms with Gasteiger partial charge in [0.25, 0.3) is 0 Å². The summed E-state index contributed by atoms with van der Waals surface area (Å²) in [6.07, 6.45) is 2.66. The van der Waals surface area contributed by atoms with E-state index in [-0.39, 0.29) is 19.8 Å². The number of aromatic nitrogens is 4. The van der Waals surface area contributed by atoms with E-state index in [0.29, 0.717) is 17.7 Å². The number of fused-ring (bicyclic) bond motifs is 1. The van der Waals surface area contributed by atoms with E-state index < -0.39 is 27.6 Å². The molecule has 4 rings (SSSR count). The summed E-state index contributed by atoms with van der Waals surface area (Å²) in [5.41, 5.74) is 1.82. The number of rotatable bonds is 7. The maximum Gasteiger partial charge on any atom is 0.238 e. The van der Waals surface area contributed by atoms with Crippen LogP contribution in [0.4, 0.5) is 0 Å². The minimum atomic E-state index is -3.69. The molecular formula is C20H21N5O5S. The summed E-state index contributed by atoms with van der Waals surface area (Å²) in [6.45, 7) is 0.938. The Morgan fingerprint density at radius 2 is 2.06 bits per heavy atom. The lowest BCUT2D eigenvalue weighted by molar-refractivity contribution is -0.139. The van der Waals surface area contributed by atoms with Gasteiger partial charge in [-0.15, -0.1) is 5.10 Å². The van der Waals surface area contributed by atoms with Crippen molar-refractivity contribution in [3.63, 3.8) is 0 Å². The molecule has 1 amide bonds. The van der Waals surface area contributed by atoms with Crippen molar-refractivity contribution < 1.29 is 22.8 Å². The summed E-state index contributed by atoms with van der Waals surface area (Å²) >= 11 is 0. The highest BCUT2D eigenvalue weighted by molar-refractivity contribution is 7.95. The number of carbonyl (C=O) groups excluding carboxylic acids is 1. The van der Waals surface area contributed by atoms with Crippen LogP contribution in [0.5, 0.6) is 0 Å². The normalized spacial score (nSPS) is 17.3. The Kier molecular flexibility index (Phi) is 6.23. The second-order valence-electron chi connectivity index (χ2n) is 6.96. The third kappa shape index (κ3) is 5.44. The molecule has 3 heterocycles. The van der Waals surface area contributed by atoms with Crippen molar-refractivity contribution in [1.29, 1.82) is 0 Å². The smallest absolute Gasteiger partial charge is 0.238 e. The van der Waals surface area contributed by atoms with Crippen LogP contribution in [0.25, 0.3) is 17.2 Å². The van der Waals surface area contributed by atoms with Crippen molar-refractivity contribution >= 4 is 33.0 Å². The molecule has 0 aliphatic carbocycles. The van der Waals surface area contributed by atoms with Crippen molar-refractivity contribution in [1.82, 2.24) is 25.0 Å². The minimum absolute atomic E-state index is 0.111. The molecule has 1 aliphatic heterocycles. The van der Waals surface area contributed by atoms with Crippen LogP contribution in [0.2, 0.25) is 0 Å². The fraction of sp³-hybridized carbons (Fsp3) is 0.300. The molecule has 0 spiro atoms. The number of ether oxygens (including phenoxy) is 1. The van der Waals surface area contributed by atoms with Gasteiger partial charge in [0.05, 0.1) is 13.2 Å². The van der Waals surface area contributed by atoms with E-state index in [1.54, 1.807) is 30.5 Å². The summed E-state index contributed by atoms with van der Waals surface area (Å²) < 4.78 is 30.3. The molecule has 1 aromatic carbocycles. The molecule has 0 radical (unpaired) electrons. The van der Waals surface area contributed by atoms with Crippen molar-refractivity contribution in [2.45, 2.75) is 6.10 Å². The third-order valence-corrected chi connectivity index (χ3v) is 5.85. The second-order valence-corrected chi connectivity index (χ2v) is 8.84. The van der Waals surface area contributed by atoms with Crippen LogP contribution < -0.4 is 4.84 Å². The molecule has 10 nitrogen and oxygen atoms in total. The van der Waals surface area contributed by atoms with E-state index in [1.165, 1.54) is 15.8 Å². The molecule has 1 saturated heterocycles. The van der Waals surface area contributed by atoms with Gasteiger partial charge in [-0.3, -0.25) is 4.79 Å². The average molecular weight is 443 g/mol. The Bertz CT molecular complexity index is 1180. The number of morpholine rings is 1. The number of amides is 1. The first-order valence-corrected chi connectivity index (χ1v) is 11.4. The lowest BCUT2D eigenvalue weighted by Gasteiger charge is -2.32. The first kappa shape index (κ1) is 20.9. The highest BCUT2D eigenvalue weighted by Gasteiger charge is 2.27. The maximum atomic E-state index is 12.6. The molecule has 31 heavy (non-hydrogen) atoms. The fourth-order valence-corrected chi connectivity index (χ4v) is 4.08. The molecular weight excluding hydrogens is 422 g/mol. The molecule has 1 aliphatic rings. The van der Waals surface area contributed by atoms with Gasteiger partial charge in [0.1, 0.15) is 24.0 Å². The van der Waals surface area contributed by atoms with Crippen LogP contribution in [0.3, 0.4) is 0 Å². The van der Waals surface area contributed by atoms with Crippen molar-refractivity contribution in [3.8, 4) is 0 Å². The van der Waals surface area contributed by atoms with Gasteiger partial charge in [0.15, 0.2) is 9.84 Å². The van der Waals surface area contributed by atoms with Gasteiger partial charge in [-0.1, -0.05) is 35.2 Å². The molecule has 0 N–H and O–H groups in total. The van der Waals surface area contributed by atoms with E-state index in [1.807, 2.05) is 18.2 Å². The summed E-state index contributed by atoms with van der Waals surface area (Å²) in [4.78, 5) is 25.0. The SMILES string of the molecule is O=C(CS(=O)(=O)/C=C/c1ccccc1)N1CCOC(COn2nnc3cccnc32)C1. The van der Waals surface area contributed by atoms with E-state index in [9.17, 15) is 13.2 Å². The van der Waals surface area contributed by atoms with Crippen LogP contribution in [0, 0.1) is 0 Å². The van der Waals surface area contributed by atoms with Gasteiger partial charge in [-0.2, -0.15) is 0 Å². The summed E-state index contributed by atoms with van der Waals surface area (Å²) in [5, 5.41) is 8.91. The fourth-order valence-electron chi connectivity index (χ4n) is 3.09. The molecule has 11 heteroatoms. The predicted molar refractivity (Wildman–Crippen MR) is 112 cm³/mol. The number of carbonyl (C=O) groups is 1. The monoisotopic (exact) mass is 443 g/mol. The van der Waals surface area contributed by atoms with E-state index in [0.717, 1.165) is 11.0 Å². The number of pyridine rings is 1. The number of hydrogen-bond acceptors (Lipinski definition) is 8. The van der Waals surface area contributed by atoms with Crippen LogP contribution in [-0.4, -0.2) is 77.5 Å². The molecule has 162 valence electrons. The van der Waals surface area contributed by atoms with Gasteiger partial charge < -0.3 is 14.5 Å². The number of benzene rings is 1. The lowest BCUT2D eigenvalue weighted by atomic mass is 10.2. The van der Waals surface area contributed by atoms with Crippen LogP contribution in [0.1, 0.15) is 5.56 Å². The van der Waals surface area contributed by atoms with Crippen LogP contribution in [-0.2, 0) is 19.4 Å². The zero-order valence-electron chi connectivity index (χ0n) is 16.6. The molecule has 0 bridgehead atoms.